The van der Waals surface area contributed by atoms with E-state index in [1.165, 1.54) is 6.33 Å². The van der Waals surface area contributed by atoms with E-state index in [0.717, 1.165) is 12.8 Å². The minimum Gasteiger partial charge on any atom is -0.337 e. The first-order chi connectivity index (χ1) is 12.2. The third-order valence-corrected chi connectivity index (χ3v) is 4.71. The topological polar surface area (TPSA) is 85.9 Å². The Labute approximate surface area is 143 Å². The highest BCUT2D eigenvalue weighted by molar-refractivity contribution is 5.94. The summed E-state index contributed by atoms with van der Waals surface area (Å²) < 4.78 is 3.25. The van der Waals surface area contributed by atoms with Crippen LogP contribution in [0.15, 0.2) is 41.8 Å². The fourth-order valence-corrected chi connectivity index (χ4v) is 3.44. The number of hydrogen-bond donors (Lipinski definition) is 0. The van der Waals surface area contributed by atoms with Crippen LogP contribution in [0, 0.1) is 0 Å². The summed E-state index contributed by atoms with van der Waals surface area (Å²) in [6.45, 7) is 1.16. The highest BCUT2D eigenvalue weighted by Gasteiger charge is 2.28. The number of pyridine rings is 1. The molecule has 128 valence electrons. The zero-order valence-electron chi connectivity index (χ0n) is 13.9. The Morgan fingerprint density at radius 3 is 2.96 bits per heavy atom. The van der Waals surface area contributed by atoms with E-state index in [9.17, 15) is 9.59 Å². The van der Waals surface area contributed by atoms with E-state index >= 15 is 0 Å². The van der Waals surface area contributed by atoms with Crippen LogP contribution in [-0.2, 0) is 7.05 Å². The number of amides is 1. The zero-order valence-corrected chi connectivity index (χ0v) is 13.9. The first-order valence-corrected chi connectivity index (χ1v) is 8.23. The van der Waals surface area contributed by atoms with Gasteiger partial charge in [0.05, 0.1) is 17.8 Å². The largest absolute Gasteiger partial charge is 0.337 e. The third kappa shape index (κ3) is 2.59. The van der Waals surface area contributed by atoms with E-state index in [0.29, 0.717) is 29.8 Å². The number of piperidine rings is 1. The molecular weight excluding hydrogens is 320 g/mol. The molecule has 1 aliphatic rings. The van der Waals surface area contributed by atoms with Crippen LogP contribution in [0.5, 0.6) is 0 Å². The standard InChI is InChI=1S/C17H18N6O2/c1-21-14-9-19-11-20-15(14)23(17(21)25)13-5-3-7-22(10-13)16(24)12-4-2-6-18-8-12/h2,4,6,8-9,11,13H,3,5,7,10H2,1H3/t13-/m0/s1. The molecule has 1 amide bonds. The molecule has 4 rings (SSSR count). The van der Waals surface area contributed by atoms with Crippen molar-refractivity contribution in [2.75, 3.05) is 13.1 Å². The second kappa shape index (κ2) is 6.12. The van der Waals surface area contributed by atoms with Crippen molar-refractivity contribution in [2.45, 2.75) is 18.9 Å². The molecule has 3 aromatic heterocycles. The van der Waals surface area contributed by atoms with E-state index in [1.54, 1.807) is 51.8 Å². The Kier molecular flexibility index (Phi) is 3.79. The number of aromatic nitrogens is 5. The molecule has 0 spiro atoms. The number of imidazole rings is 1. The average molecular weight is 338 g/mol. The molecule has 8 heteroatoms. The second-order valence-corrected chi connectivity index (χ2v) is 6.23. The van der Waals surface area contributed by atoms with Crippen molar-refractivity contribution in [3.8, 4) is 0 Å². The lowest BCUT2D eigenvalue weighted by Gasteiger charge is -2.33. The summed E-state index contributed by atoms with van der Waals surface area (Å²) >= 11 is 0. The predicted molar refractivity (Wildman–Crippen MR) is 91.2 cm³/mol. The maximum Gasteiger partial charge on any atom is 0.330 e. The van der Waals surface area contributed by atoms with Gasteiger partial charge in [-0.3, -0.25) is 18.9 Å². The van der Waals surface area contributed by atoms with Gasteiger partial charge in [-0.1, -0.05) is 0 Å². The maximum absolute atomic E-state index is 12.7. The second-order valence-electron chi connectivity index (χ2n) is 6.23. The lowest BCUT2D eigenvalue weighted by molar-refractivity contribution is 0.0678. The highest BCUT2D eigenvalue weighted by atomic mass is 16.2. The minimum absolute atomic E-state index is 0.0549. The van der Waals surface area contributed by atoms with E-state index in [1.807, 2.05) is 0 Å². The fraction of sp³-hybridized carbons (Fsp3) is 0.353. The summed E-state index contributed by atoms with van der Waals surface area (Å²) in [4.78, 5) is 39.5. The smallest absolute Gasteiger partial charge is 0.330 e. The van der Waals surface area contributed by atoms with Crippen molar-refractivity contribution in [3.05, 3.63) is 53.1 Å². The van der Waals surface area contributed by atoms with Crippen LogP contribution in [0.4, 0.5) is 0 Å². The molecule has 0 radical (unpaired) electrons. The normalized spacial score (nSPS) is 17.8. The third-order valence-electron chi connectivity index (χ3n) is 4.71. The number of carbonyl (C=O) groups is 1. The monoisotopic (exact) mass is 338 g/mol. The molecule has 8 nitrogen and oxygen atoms in total. The number of rotatable bonds is 2. The molecule has 4 heterocycles. The van der Waals surface area contributed by atoms with Crippen molar-refractivity contribution in [2.24, 2.45) is 7.05 Å². The van der Waals surface area contributed by atoms with Gasteiger partial charge in [0.25, 0.3) is 5.91 Å². The van der Waals surface area contributed by atoms with Crippen LogP contribution in [0.25, 0.3) is 11.2 Å². The van der Waals surface area contributed by atoms with Crippen LogP contribution < -0.4 is 5.69 Å². The molecule has 0 saturated carbocycles. The van der Waals surface area contributed by atoms with Gasteiger partial charge in [-0.2, -0.15) is 0 Å². The Hall–Kier alpha value is -3.03. The molecule has 0 bridgehead atoms. The fourth-order valence-electron chi connectivity index (χ4n) is 3.44. The van der Waals surface area contributed by atoms with Crippen LogP contribution in [0.3, 0.4) is 0 Å². The molecule has 0 aliphatic carbocycles. The van der Waals surface area contributed by atoms with Crippen molar-refractivity contribution in [1.29, 1.82) is 0 Å². The van der Waals surface area contributed by atoms with Gasteiger partial charge in [0.2, 0.25) is 0 Å². The Morgan fingerprint density at radius 2 is 2.16 bits per heavy atom. The summed E-state index contributed by atoms with van der Waals surface area (Å²) in [5, 5.41) is 0. The molecule has 1 fully saturated rings. The van der Waals surface area contributed by atoms with E-state index < -0.39 is 0 Å². The van der Waals surface area contributed by atoms with Crippen molar-refractivity contribution in [3.63, 3.8) is 0 Å². The van der Waals surface area contributed by atoms with Gasteiger partial charge in [-0.25, -0.2) is 14.8 Å². The zero-order chi connectivity index (χ0) is 17.4. The Morgan fingerprint density at radius 1 is 1.28 bits per heavy atom. The molecule has 25 heavy (non-hydrogen) atoms. The molecular formula is C17H18N6O2. The minimum atomic E-state index is -0.129. The number of nitrogens with zero attached hydrogens (tertiary/aromatic N) is 6. The molecule has 0 aromatic carbocycles. The van der Waals surface area contributed by atoms with Crippen LogP contribution in [0.2, 0.25) is 0 Å². The lowest BCUT2D eigenvalue weighted by atomic mass is 10.0. The van der Waals surface area contributed by atoms with Crippen LogP contribution in [0.1, 0.15) is 29.2 Å². The molecule has 0 N–H and O–H groups in total. The summed E-state index contributed by atoms with van der Waals surface area (Å²) in [6, 6.07) is 3.41. The van der Waals surface area contributed by atoms with Gasteiger partial charge in [0.1, 0.15) is 11.8 Å². The van der Waals surface area contributed by atoms with Gasteiger partial charge >= 0.3 is 5.69 Å². The quantitative estimate of drug-likeness (QED) is 0.696. The Bertz CT molecular complexity index is 978. The molecule has 3 aromatic rings. The maximum atomic E-state index is 12.7. The SMILES string of the molecule is Cn1c(=O)n([C@H]2CCCN(C(=O)c3cccnc3)C2)c2ncncc21. The first kappa shape index (κ1) is 15.5. The molecule has 1 aliphatic heterocycles. The number of hydrogen-bond acceptors (Lipinski definition) is 5. The van der Waals surface area contributed by atoms with Crippen molar-refractivity contribution in [1.82, 2.24) is 29.0 Å². The van der Waals surface area contributed by atoms with Crippen molar-refractivity contribution < 1.29 is 4.79 Å². The molecule has 0 unspecified atom stereocenters. The summed E-state index contributed by atoms with van der Waals surface area (Å²) in [6.07, 6.45) is 7.97. The lowest BCUT2D eigenvalue weighted by Crippen LogP contribution is -2.43. The number of aryl methyl sites for hydroxylation is 1. The van der Waals surface area contributed by atoms with E-state index in [-0.39, 0.29) is 17.6 Å². The average Bonchev–Trinajstić information content (AvgIpc) is 2.93. The number of fused-ring (bicyclic) bond motifs is 1. The van der Waals surface area contributed by atoms with Crippen molar-refractivity contribution >= 4 is 17.1 Å². The highest BCUT2D eigenvalue weighted by Crippen LogP contribution is 2.24. The summed E-state index contributed by atoms with van der Waals surface area (Å²) in [7, 11) is 1.71. The summed E-state index contributed by atoms with van der Waals surface area (Å²) in [5.41, 5.74) is 1.75. The molecule has 1 saturated heterocycles. The molecule has 1 atom stereocenters. The van der Waals surface area contributed by atoms with Gasteiger partial charge in [-0.15, -0.1) is 0 Å². The predicted octanol–water partition coefficient (Wildman–Crippen LogP) is 1.00. The van der Waals surface area contributed by atoms with E-state index in [4.69, 9.17) is 0 Å². The first-order valence-electron chi connectivity index (χ1n) is 8.23. The van der Waals surface area contributed by atoms with Gasteiger partial charge in [-0.05, 0) is 25.0 Å². The van der Waals surface area contributed by atoms with Crippen LogP contribution in [-0.4, -0.2) is 48.0 Å². The van der Waals surface area contributed by atoms with Crippen LogP contribution >= 0.6 is 0 Å². The number of carbonyl (C=O) groups excluding carboxylic acids is 1. The van der Waals surface area contributed by atoms with Gasteiger partial charge in [0.15, 0.2) is 5.65 Å². The Balaban J connectivity index is 1.68. The van der Waals surface area contributed by atoms with Gasteiger partial charge in [0, 0.05) is 32.5 Å². The summed E-state index contributed by atoms with van der Waals surface area (Å²) in [5.74, 6) is -0.0549. The van der Waals surface area contributed by atoms with E-state index in [2.05, 4.69) is 15.0 Å². The number of likely N-dealkylation sites (tertiary alicyclic amines) is 1. The van der Waals surface area contributed by atoms with Gasteiger partial charge < -0.3 is 4.90 Å².